The molecule has 2 rings (SSSR count). The Hall–Kier alpha value is -1.76. The monoisotopic (exact) mass is 316 g/mol. The molecule has 2 N–H and O–H groups in total. The smallest absolute Gasteiger partial charge is 0.422 e. The zero-order valence-electron chi connectivity index (χ0n) is 12.1. The number of halogens is 3. The molecule has 7 heteroatoms. The van der Waals surface area contributed by atoms with Crippen molar-refractivity contribution in [1.29, 1.82) is 0 Å². The minimum atomic E-state index is -4.43. The second-order valence-electron chi connectivity index (χ2n) is 5.37. The number of carbonyl (C=O) groups excluding carboxylic acids is 1. The number of carbonyl (C=O) groups is 1. The van der Waals surface area contributed by atoms with Gasteiger partial charge in [0.2, 0.25) is 0 Å². The van der Waals surface area contributed by atoms with Gasteiger partial charge in [0.15, 0.2) is 6.61 Å². The number of amides is 1. The van der Waals surface area contributed by atoms with Crippen molar-refractivity contribution in [3.05, 3.63) is 29.8 Å². The van der Waals surface area contributed by atoms with Crippen molar-refractivity contribution in [2.75, 3.05) is 26.2 Å². The molecule has 0 aliphatic carbocycles. The van der Waals surface area contributed by atoms with E-state index in [9.17, 15) is 18.0 Å². The van der Waals surface area contributed by atoms with E-state index in [1.807, 2.05) is 0 Å². The molecule has 1 heterocycles. The van der Waals surface area contributed by atoms with Gasteiger partial charge in [-0.25, -0.2) is 0 Å². The largest absolute Gasteiger partial charge is 0.483 e. The average molecular weight is 316 g/mol. The summed E-state index contributed by atoms with van der Waals surface area (Å²) in [5.41, 5.74) is 5.78. The van der Waals surface area contributed by atoms with Gasteiger partial charge in [0.1, 0.15) is 5.75 Å². The molecule has 0 saturated carbocycles. The number of hydrogen-bond acceptors (Lipinski definition) is 3. The molecule has 4 nitrogen and oxygen atoms in total. The lowest BCUT2D eigenvalue weighted by Gasteiger charge is -2.31. The Bertz CT molecular complexity index is 512. The summed E-state index contributed by atoms with van der Waals surface area (Å²) in [4.78, 5) is 14.1. The highest BCUT2D eigenvalue weighted by Gasteiger charge is 2.30. The first-order chi connectivity index (χ1) is 10.4. The summed E-state index contributed by atoms with van der Waals surface area (Å²) in [5.74, 6) is 0.0693. The van der Waals surface area contributed by atoms with Crippen LogP contribution in [0.2, 0.25) is 0 Å². The Balaban J connectivity index is 2.06. The van der Waals surface area contributed by atoms with E-state index >= 15 is 0 Å². The summed E-state index contributed by atoms with van der Waals surface area (Å²) in [5, 5.41) is 0. The lowest BCUT2D eigenvalue weighted by molar-refractivity contribution is -0.153. The predicted octanol–water partition coefficient (Wildman–Crippen LogP) is 2.44. The number of nitrogens with zero attached hydrogens (tertiary/aromatic N) is 1. The molecule has 22 heavy (non-hydrogen) atoms. The maximum absolute atomic E-state index is 12.5. The highest BCUT2D eigenvalue weighted by atomic mass is 19.4. The van der Waals surface area contributed by atoms with Crippen LogP contribution in [0.3, 0.4) is 0 Å². The third-order valence-electron chi connectivity index (χ3n) is 3.74. The van der Waals surface area contributed by atoms with Crippen LogP contribution in [-0.2, 0) is 0 Å². The molecule has 0 aromatic heterocycles. The van der Waals surface area contributed by atoms with Crippen LogP contribution in [0.1, 0.15) is 23.2 Å². The van der Waals surface area contributed by atoms with E-state index in [-0.39, 0.29) is 17.2 Å². The van der Waals surface area contributed by atoms with Crippen LogP contribution in [0.15, 0.2) is 24.3 Å². The summed E-state index contributed by atoms with van der Waals surface area (Å²) in [7, 11) is 0. The van der Waals surface area contributed by atoms with Crippen LogP contribution in [0, 0.1) is 5.92 Å². The first-order valence-electron chi connectivity index (χ1n) is 7.18. The SMILES string of the molecule is NCC1CCN(C(=O)c2ccccc2OCC(F)(F)F)CC1. The van der Waals surface area contributed by atoms with Gasteiger partial charge in [-0.05, 0) is 37.4 Å². The van der Waals surface area contributed by atoms with E-state index in [0.717, 1.165) is 12.8 Å². The van der Waals surface area contributed by atoms with Gasteiger partial charge in [0, 0.05) is 13.1 Å². The minimum Gasteiger partial charge on any atom is -0.483 e. The fraction of sp³-hybridized carbons (Fsp3) is 0.533. The minimum absolute atomic E-state index is 0.0363. The van der Waals surface area contributed by atoms with Gasteiger partial charge < -0.3 is 15.4 Å². The van der Waals surface area contributed by atoms with E-state index in [1.165, 1.54) is 12.1 Å². The van der Waals surface area contributed by atoms with Crippen molar-refractivity contribution in [1.82, 2.24) is 4.90 Å². The fourth-order valence-electron chi connectivity index (χ4n) is 2.47. The van der Waals surface area contributed by atoms with Crippen LogP contribution in [0.25, 0.3) is 0 Å². The molecule has 122 valence electrons. The van der Waals surface area contributed by atoms with Crippen LogP contribution in [0.4, 0.5) is 13.2 Å². The lowest BCUT2D eigenvalue weighted by atomic mass is 9.96. The van der Waals surface area contributed by atoms with Crippen LogP contribution in [-0.4, -0.2) is 43.2 Å². The number of hydrogen-bond donors (Lipinski definition) is 1. The lowest BCUT2D eigenvalue weighted by Crippen LogP contribution is -2.40. The topological polar surface area (TPSA) is 55.6 Å². The van der Waals surface area contributed by atoms with Gasteiger partial charge in [-0.1, -0.05) is 12.1 Å². The van der Waals surface area contributed by atoms with Crippen LogP contribution in [0.5, 0.6) is 5.75 Å². The molecule has 1 aliphatic heterocycles. The number of alkyl halides is 3. The van der Waals surface area contributed by atoms with Crippen molar-refractivity contribution in [2.24, 2.45) is 11.7 Å². The fourth-order valence-corrected chi connectivity index (χ4v) is 2.47. The number of piperidine rings is 1. The van der Waals surface area contributed by atoms with E-state index < -0.39 is 12.8 Å². The van der Waals surface area contributed by atoms with Crippen molar-refractivity contribution in [2.45, 2.75) is 19.0 Å². The number of ether oxygens (including phenoxy) is 1. The molecule has 0 radical (unpaired) electrons. The standard InChI is InChI=1S/C15H19F3N2O2/c16-15(17,18)10-22-13-4-2-1-3-12(13)14(21)20-7-5-11(9-19)6-8-20/h1-4,11H,5-10,19H2. The first kappa shape index (κ1) is 16.6. The third kappa shape index (κ3) is 4.37. The Labute approximate surface area is 127 Å². The Morgan fingerprint density at radius 3 is 2.50 bits per heavy atom. The van der Waals surface area contributed by atoms with Gasteiger partial charge in [-0.2, -0.15) is 13.2 Å². The molecule has 0 atom stereocenters. The summed E-state index contributed by atoms with van der Waals surface area (Å²) >= 11 is 0. The van der Waals surface area contributed by atoms with E-state index in [1.54, 1.807) is 17.0 Å². The maximum atomic E-state index is 12.5. The number of para-hydroxylation sites is 1. The van der Waals surface area contributed by atoms with Gasteiger partial charge >= 0.3 is 6.18 Å². The van der Waals surface area contributed by atoms with Crippen molar-refractivity contribution < 1.29 is 22.7 Å². The second kappa shape index (κ2) is 7.00. The normalized spacial score (nSPS) is 16.6. The molecule has 0 bridgehead atoms. The van der Waals surface area contributed by atoms with Gasteiger partial charge in [0.25, 0.3) is 5.91 Å². The van der Waals surface area contributed by atoms with Gasteiger partial charge in [0.05, 0.1) is 5.56 Å². The molecular weight excluding hydrogens is 297 g/mol. The molecule has 1 saturated heterocycles. The summed E-state index contributed by atoms with van der Waals surface area (Å²) in [6.45, 7) is 0.308. The Morgan fingerprint density at radius 2 is 1.91 bits per heavy atom. The van der Waals surface area contributed by atoms with Crippen LogP contribution < -0.4 is 10.5 Å². The summed E-state index contributed by atoms with van der Waals surface area (Å²) in [6, 6.07) is 6.03. The molecule has 0 unspecified atom stereocenters. The molecular formula is C15H19F3N2O2. The van der Waals surface area contributed by atoms with E-state index in [0.29, 0.717) is 25.6 Å². The zero-order chi connectivity index (χ0) is 16.2. The second-order valence-corrected chi connectivity index (χ2v) is 5.37. The maximum Gasteiger partial charge on any atom is 0.422 e. The quantitative estimate of drug-likeness (QED) is 0.928. The van der Waals surface area contributed by atoms with Crippen molar-refractivity contribution in [3.8, 4) is 5.75 Å². The number of nitrogens with two attached hydrogens (primary N) is 1. The van der Waals surface area contributed by atoms with Gasteiger partial charge in [-0.15, -0.1) is 0 Å². The highest BCUT2D eigenvalue weighted by Crippen LogP contribution is 2.25. The van der Waals surface area contributed by atoms with Crippen molar-refractivity contribution >= 4 is 5.91 Å². The predicted molar refractivity (Wildman–Crippen MR) is 75.7 cm³/mol. The van der Waals surface area contributed by atoms with Crippen molar-refractivity contribution in [3.63, 3.8) is 0 Å². The van der Waals surface area contributed by atoms with Crippen LogP contribution >= 0.6 is 0 Å². The average Bonchev–Trinajstić information content (AvgIpc) is 2.52. The zero-order valence-corrected chi connectivity index (χ0v) is 12.1. The molecule has 1 aromatic rings. The highest BCUT2D eigenvalue weighted by molar-refractivity contribution is 5.97. The molecule has 0 spiro atoms. The number of rotatable bonds is 4. The van der Waals surface area contributed by atoms with Gasteiger partial charge in [-0.3, -0.25) is 4.79 Å². The number of likely N-dealkylation sites (tertiary alicyclic amines) is 1. The third-order valence-corrected chi connectivity index (χ3v) is 3.74. The van der Waals surface area contributed by atoms with E-state index in [2.05, 4.69) is 0 Å². The molecule has 1 aromatic carbocycles. The summed E-state index contributed by atoms with van der Waals surface area (Å²) < 4.78 is 41.6. The molecule has 1 aliphatic rings. The molecule has 1 amide bonds. The Kier molecular flexibility index (Phi) is 5.28. The molecule has 1 fully saturated rings. The summed E-state index contributed by atoms with van der Waals surface area (Å²) in [6.07, 6.45) is -2.81. The van der Waals surface area contributed by atoms with E-state index in [4.69, 9.17) is 10.5 Å². The first-order valence-corrected chi connectivity index (χ1v) is 7.18. The number of benzene rings is 1. The Morgan fingerprint density at radius 1 is 1.27 bits per heavy atom.